The number of benzene rings is 1. The highest BCUT2D eigenvalue weighted by Crippen LogP contribution is 2.32. The maximum atomic E-state index is 6.22. The number of fused-ring (bicyclic) bond motifs is 1. The Morgan fingerprint density at radius 1 is 1.08 bits per heavy atom. The molecule has 0 unspecified atom stereocenters. The number of rotatable bonds is 5. The molecule has 0 fully saturated rings. The van der Waals surface area contributed by atoms with Crippen molar-refractivity contribution in [1.82, 2.24) is 9.38 Å². The van der Waals surface area contributed by atoms with Crippen LogP contribution < -0.4 is 15.2 Å². The minimum Gasteiger partial charge on any atom is -0.496 e. The second kappa shape index (κ2) is 6.76. The Bertz CT molecular complexity index is 929. The lowest BCUT2D eigenvalue weighted by Crippen LogP contribution is -2.09. The second-order valence-corrected chi connectivity index (χ2v) is 6.27. The predicted molar refractivity (Wildman–Crippen MR) is 99.4 cm³/mol. The number of nitrogens with two attached hydrogens (primary N) is 1. The summed E-state index contributed by atoms with van der Waals surface area (Å²) in [6.45, 7) is 9.14. The Hall–Kier alpha value is -2.53. The van der Waals surface area contributed by atoms with Crippen molar-refractivity contribution in [3.8, 4) is 11.5 Å². The zero-order valence-electron chi connectivity index (χ0n) is 15.5. The minimum absolute atomic E-state index is 0.423. The Kier molecular flexibility index (Phi) is 4.68. The average molecular weight is 339 g/mol. The molecule has 5 heteroatoms. The van der Waals surface area contributed by atoms with Crippen molar-refractivity contribution in [2.75, 3.05) is 7.11 Å². The van der Waals surface area contributed by atoms with E-state index in [0.717, 1.165) is 45.4 Å². The van der Waals surface area contributed by atoms with Gasteiger partial charge in [-0.05, 0) is 44.9 Å². The molecule has 0 aliphatic heterocycles. The Labute approximate surface area is 148 Å². The Balaban J connectivity index is 2.10. The van der Waals surface area contributed by atoms with Gasteiger partial charge in [0.25, 0.3) is 0 Å². The number of aromatic nitrogens is 2. The van der Waals surface area contributed by atoms with Gasteiger partial charge in [-0.15, -0.1) is 0 Å². The summed E-state index contributed by atoms with van der Waals surface area (Å²) in [6.07, 6.45) is 0. The van der Waals surface area contributed by atoms with Crippen LogP contribution in [-0.2, 0) is 13.2 Å². The predicted octanol–water partition coefficient (Wildman–Crippen LogP) is 3.61. The molecule has 2 heterocycles. The van der Waals surface area contributed by atoms with E-state index in [2.05, 4.69) is 25.2 Å². The lowest BCUT2D eigenvalue weighted by atomic mass is 10.1. The van der Waals surface area contributed by atoms with Gasteiger partial charge in [0.05, 0.1) is 18.5 Å². The molecule has 1 aromatic carbocycles. The highest BCUT2D eigenvalue weighted by Gasteiger charge is 2.19. The zero-order valence-corrected chi connectivity index (χ0v) is 15.5. The molecule has 2 aromatic heterocycles. The standard InChI is InChI=1S/C20H25N3O2/c1-12-13(2)19(25-11-16-8-6-7-9-18(16)24-5)20-22-14(3)17(10-21)23(20)15(12)4/h6-9H,10-11,21H2,1-5H3. The van der Waals surface area contributed by atoms with Crippen molar-refractivity contribution in [2.45, 2.75) is 40.8 Å². The Morgan fingerprint density at radius 3 is 2.48 bits per heavy atom. The van der Waals surface area contributed by atoms with Gasteiger partial charge in [-0.2, -0.15) is 0 Å². The Morgan fingerprint density at radius 2 is 1.80 bits per heavy atom. The molecule has 3 rings (SSSR count). The summed E-state index contributed by atoms with van der Waals surface area (Å²) in [5.41, 5.74) is 13.2. The van der Waals surface area contributed by atoms with E-state index in [0.29, 0.717) is 13.2 Å². The average Bonchev–Trinajstić information content (AvgIpc) is 2.96. The summed E-state index contributed by atoms with van der Waals surface area (Å²) < 4.78 is 13.8. The summed E-state index contributed by atoms with van der Waals surface area (Å²) >= 11 is 0. The fraction of sp³-hybridized carbons (Fsp3) is 0.350. The third kappa shape index (κ3) is 2.85. The van der Waals surface area contributed by atoms with Gasteiger partial charge in [-0.3, -0.25) is 4.40 Å². The van der Waals surface area contributed by atoms with Crippen LogP contribution in [0, 0.1) is 27.7 Å². The molecule has 132 valence electrons. The highest BCUT2D eigenvalue weighted by molar-refractivity contribution is 5.63. The van der Waals surface area contributed by atoms with Crippen molar-refractivity contribution in [3.63, 3.8) is 0 Å². The number of hydrogen-bond acceptors (Lipinski definition) is 4. The third-order valence-electron chi connectivity index (χ3n) is 4.92. The molecule has 5 nitrogen and oxygen atoms in total. The normalized spacial score (nSPS) is 11.1. The van der Waals surface area contributed by atoms with Gasteiger partial charge >= 0.3 is 0 Å². The number of imidazole rings is 1. The van der Waals surface area contributed by atoms with Crippen LogP contribution in [0.4, 0.5) is 0 Å². The molecule has 0 aliphatic carbocycles. The van der Waals surface area contributed by atoms with Gasteiger partial charge in [-0.1, -0.05) is 18.2 Å². The second-order valence-electron chi connectivity index (χ2n) is 6.27. The van der Waals surface area contributed by atoms with Gasteiger partial charge in [0.2, 0.25) is 0 Å². The number of para-hydroxylation sites is 1. The van der Waals surface area contributed by atoms with E-state index in [1.807, 2.05) is 31.2 Å². The van der Waals surface area contributed by atoms with Crippen molar-refractivity contribution in [1.29, 1.82) is 0 Å². The van der Waals surface area contributed by atoms with Gasteiger partial charge in [0, 0.05) is 17.8 Å². The van der Waals surface area contributed by atoms with E-state index in [9.17, 15) is 0 Å². The number of ether oxygens (including phenoxy) is 2. The maximum absolute atomic E-state index is 6.22. The van der Waals surface area contributed by atoms with E-state index in [1.54, 1.807) is 7.11 Å². The molecule has 0 aliphatic rings. The summed E-state index contributed by atoms with van der Waals surface area (Å²) in [5.74, 6) is 1.62. The monoisotopic (exact) mass is 339 g/mol. The molecule has 3 aromatic rings. The van der Waals surface area contributed by atoms with E-state index < -0.39 is 0 Å². The molecule has 0 saturated heterocycles. The summed E-state index contributed by atoms with van der Waals surface area (Å²) in [6, 6.07) is 7.88. The quantitative estimate of drug-likeness (QED) is 0.771. The van der Waals surface area contributed by atoms with E-state index >= 15 is 0 Å². The van der Waals surface area contributed by atoms with Gasteiger partial charge in [0.15, 0.2) is 11.4 Å². The van der Waals surface area contributed by atoms with E-state index in [-0.39, 0.29) is 0 Å². The number of pyridine rings is 1. The van der Waals surface area contributed by atoms with Crippen molar-refractivity contribution in [3.05, 3.63) is 58.0 Å². The first-order valence-corrected chi connectivity index (χ1v) is 8.42. The van der Waals surface area contributed by atoms with Crippen LogP contribution in [0.15, 0.2) is 24.3 Å². The number of hydrogen-bond donors (Lipinski definition) is 1. The van der Waals surface area contributed by atoms with Crippen molar-refractivity contribution >= 4 is 5.65 Å². The van der Waals surface area contributed by atoms with Crippen LogP contribution in [0.5, 0.6) is 11.5 Å². The molecule has 25 heavy (non-hydrogen) atoms. The maximum Gasteiger partial charge on any atom is 0.180 e. The summed E-state index contributed by atoms with van der Waals surface area (Å²) in [7, 11) is 1.67. The van der Waals surface area contributed by atoms with Crippen molar-refractivity contribution in [2.24, 2.45) is 5.73 Å². The lowest BCUT2D eigenvalue weighted by molar-refractivity contribution is 0.296. The first-order valence-electron chi connectivity index (χ1n) is 8.42. The SMILES string of the molecule is COc1ccccc1COc1c(C)c(C)c(C)n2c(CN)c(C)nc12. The molecule has 0 radical (unpaired) electrons. The van der Waals surface area contributed by atoms with Gasteiger partial charge < -0.3 is 15.2 Å². The fourth-order valence-electron chi connectivity index (χ4n) is 3.24. The van der Waals surface area contributed by atoms with Gasteiger partial charge in [-0.25, -0.2) is 4.98 Å². The fourth-order valence-corrected chi connectivity index (χ4v) is 3.24. The molecule has 0 spiro atoms. The molecule has 0 atom stereocenters. The van der Waals surface area contributed by atoms with E-state index in [4.69, 9.17) is 20.2 Å². The molecular weight excluding hydrogens is 314 g/mol. The van der Waals surface area contributed by atoms with Crippen LogP contribution >= 0.6 is 0 Å². The molecular formula is C20H25N3O2. The lowest BCUT2D eigenvalue weighted by Gasteiger charge is -2.17. The molecule has 0 saturated carbocycles. The van der Waals surface area contributed by atoms with Crippen molar-refractivity contribution < 1.29 is 9.47 Å². The summed E-state index contributed by atoms with van der Waals surface area (Å²) in [4.78, 5) is 4.73. The summed E-state index contributed by atoms with van der Waals surface area (Å²) in [5, 5.41) is 0. The molecule has 0 bridgehead atoms. The van der Waals surface area contributed by atoms with Crippen LogP contribution in [0.25, 0.3) is 5.65 Å². The van der Waals surface area contributed by atoms with Crippen LogP contribution in [0.2, 0.25) is 0 Å². The van der Waals surface area contributed by atoms with Crippen LogP contribution in [0.1, 0.15) is 33.8 Å². The minimum atomic E-state index is 0.423. The highest BCUT2D eigenvalue weighted by atomic mass is 16.5. The van der Waals surface area contributed by atoms with Crippen LogP contribution in [-0.4, -0.2) is 16.5 Å². The van der Waals surface area contributed by atoms with E-state index in [1.165, 1.54) is 5.56 Å². The number of methoxy groups -OCH3 is 1. The van der Waals surface area contributed by atoms with Crippen LogP contribution in [0.3, 0.4) is 0 Å². The smallest absolute Gasteiger partial charge is 0.180 e. The van der Waals surface area contributed by atoms with Gasteiger partial charge in [0.1, 0.15) is 12.4 Å². The largest absolute Gasteiger partial charge is 0.496 e. The third-order valence-corrected chi connectivity index (χ3v) is 4.92. The number of nitrogens with zero attached hydrogens (tertiary/aromatic N) is 2. The zero-order chi connectivity index (χ0) is 18.1. The first kappa shape index (κ1) is 17.3. The topological polar surface area (TPSA) is 61.8 Å². The molecule has 0 amide bonds. The first-order chi connectivity index (χ1) is 12.0. The number of aryl methyl sites for hydroxylation is 2. The molecule has 2 N–H and O–H groups in total.